The number of hydrogen-bond acceptors (Lipinski definition) is 9. The normalized spacial score (nSPS) is 19.0. The van der Waals surface area contributed by atoms with Crippen LogP contribution in [0.5, 0.6) is 11.5 Å². The van der Waals surface area contributed by atoms with Crippen LogP contribution in [0.1, 0.15) is 18.4 Å². The Morgan fingerprint density at radius 2 is 1.89 bits per heavy atom. The van der Waals surface area contributed by atoms with Gasteiger partial charge in [-0.05, 0) is 50.1 Å². The monoisotopic (exact) mass is 497 g/mol. The van der Waals surface area contributed by atoms with Crippen molar-refractivity contribution in [3.8, 4) is 11.5 Å². The predicted octanol–water partition coefficient (Wildman–Crippen LogP) is 3.99. The Labute approximate surface area is 211 Å². The van der Waals surface area contributed by atoms with Gasteiger partial charge in [0.1, 0.15) is 35.5 Å². The summed E-state index contributed by atoms with van der Waals surface area (Å²) < 4.78 is 23.1. The molecule has 2 saturated heterocycles. The molecule has 1 aromatic carbocycles. The molecule has 4 aromatic heterocycles. The molecule has 0 radical (unpaired) electrons. The van der Waals surface area contributed by atoms with Crippen LogP contribution in [0, 0.1) is 12.7 Å². The number of piperazine rings is 1. The highest BCUT2D eigenvalue weighted by Crippen LogP contribution is 2.33. The summed E-state index contributed by atoms with van der Waals surface area (Å²) in [6.45, 7) is 3.52. The SMILES string of the molecule is Cc1c(Oc2ccn3ncnc3c2)ccc(Nc2ncnc3ccc(N4CC5CCC(C4)N5)nc23)c1F. The Morgan fingerprint density at radius 1 is 1.03 bits per heavy atom. The summed E-state index contributed by atoms with van der Waals surface area (Å²) in [7, 11) is 0. The summed E-state index contributed by atoms with van der Waals surface area (Å²) in [6.07, 6.45) is 7.05. The Hall–Kier alpha value is -4.38. The number of nitrogens with zero attached hydrogens (tertiary/aromatic N) is 7. The van der Waals surface area contributed by atoms with Crippen molar-refractivity contribution in [2.24, 2.45) is 0 Å². The van der Waals surface area contributed by atoms with Crippen molar-refractivity contribution < 1.29 is 9.13 Å². The third-order valence-corrected chi connectivity index (χ3v) is 7.08. The van der Waals surface area contributed by atoms with E-state index in [0.717, 1.165) is 18.9 Å². The van der Waals surface area contributed by atoms with E-state index in [2.05, 4.69) is 35.6 Å². The molecular formula is C26H24FN9O. The summed E-state index contributed by atoms with van der Waals surface area (Å²) >= 11 is 0. The van der Waals surface area contributed by atoms with Gasteiger partial charge in [0.2, 0.25) is 0 Å². The zero-order valence-corrected chi connectivity index (χ0v) is 20.1. The minimum atomic E-state index is -0.428. The number of ether oxygens (including phenoxy) is 1. The average Bonchev–Trinajstić information content (AvgIpc) is 3.53. The molecule has 2 fully saturated rings. The first kappa shape index (κ1) is 21.9. The summed E-state index contributed by atoms with van der Waals surface area (Å²) in [5.74, 6) is 1.86. The van der Waals surface area contributed by atoms with Gasteiger partial charge in [-0.1, -0.05) is 0 Å². The average molecular weight is 498 g/mol. The Balaban J connectivity index is 1.17. The number of aromatic nitrogens is 6. The lowest BCUT2D eigenvalue weighted by atomic mass is 10.1. The molecule has 2 bridgehead atoms. The molecule has 2 aliphatic rings. The van der Waals surface area contributed by atoms with Crippen LogP contribution in [-0.4, -0.2) is 54.7 Å². The molecule has 0 aliphatic carbocycles. The van der Waals surface area contributed by atoms with Crippen LogP contribution in [0.2, 0.25) is 0 Å². The molecule has 37 heavy (non-hydrogen) atoms. The van der Waals surface area contributed by atoms with Gasteiger partial charge in [0.15, 0.2) is 17.3 Å². The van der Waals surface area contributed by atoms with E-state index >= 15 is 4.39 Å². The van der Waals surface area contributed by atoms with E-state index in [4.69, 9.17) is 9.72 Å². The smallest absolute Gasteiger partial charge is 0.160 e. The maximum Gasteiger partial charge on any atom is 0.160 e. The number of hydrogen-bond donors (Lipinski definition) is 2. The van der Waals surface area contributed by atoms with E-state index in [1.807, 2.05) is 12.1 Å². The van der Waals surface area contributed by atoms with Crippen LogP contribution < -0.4 is 20.3 Å². The van der Waals surface area contributed by atoms with Gasteiger partial charge in [0.25, 0.3) is 0 Å². The molecule has 0 saturated carbocycles. The highest BCUT2D eigenvalue weighted by atomic mass is 19.1. The first-order chi connectivity index (χ1) is 18.1. The molecular weight excluding hydrogens is 473 g/mol. The predicted molar refractivity (Wildman–Crippen MR) is 137 cm³/mol. The van der Waals surface area contributed by atoms with Gasteiger partial charge in [-0.25, -0.2) is 28.8 Å². The topological polar surface area (TPSA) is 105 Å². The third kappa shape index (κ3) is 3.97. The Kier molecular flexibility index (Phi) is 5.10. The van der Waals surface area contributed by atoms with Crippen LogP contribution in [-0.2, 0) is 0 Å². The van der Waals surface area contributed by atoms with E-state index in [1.165, 1.54) is 25.5 Å². The molecule has 186 valence electrons. The lowest BCUT2D eigenvalue weighted by molar-refractivity contribution is 0.464. The van der Waals surface area contributed by atoms with Crippen molar-refractivity contribution in [1.29, 1.82) is 0 Å². The fourth-order valence-corrected chi connectivity index (χ4v) is 5.17. The van der Waals surface area contributed by atoms with Crippen LogP contribution in [0.3, 0.4) is 0 Å². The van der Waals surface area contributed by atoms with Crippen molar-refractivity contribution in [1.82, 2.24) is 34.9 Å². The van der Waals surface area contributed by atoms with Crippen LogP contribution in [0.4, 0.5) is 21.7 Å². The largest absolute Gasteiger partial charge is 0.457 e. The van der Waals surface area contributed by atoms with Crippen molar-refractivity contribution in [3.63, 3.8) is 0 Å². The highest BCUT2D eigenvalue weighted by molar-refractivity contribution is 5.88. The van der Waals surface area contributed by atoms with E-state index in [0.29, 0.717) is 51.6 Å². The molecule has 11 heteroatoms. The fraction of sp³-hybridized carbons (Fsp3) is 0.269. The quantitative estimate of drug-likeness (QED) is 0.373. The van der Waals surface area contributed by atoms with E-state index in [-0.39, 0.29) is 5.69 Å². The number of fused-ring (bicyclic) bond motifs is 4. The van der Waals surface area contributed by atoms with Crippen LogP contribution in [0.25, 0.3) is 16.7 Å². The van der Waals surface area contributed by atoms with Gasteiger partial charge in [0.05, 0.1) is 11.2 Å². The van der Waals surface area contributed by atoms with Crippen molar-refractivity contribution in [3.05, 3.63) is 66.6 Å². The van der Waals surface area contributed by atoms with Gasteiger partial charge in [-0.15, -0.1) is 0 Å². The molecule has 5 aromatic rings. The lowest BCUT2D eigenvalue weighted by Crippen LogP contribution is -2.51. The molecule has 2 aliphatic heterocycles. The molecule has 2 unspecified atom stereocenters. The van der Waals surface area contributed by atoms with Crippen LogP contribution in [0.15, 0.2) is 55.2 Å². The number of nitrogens with one attached hydrogen (secondary N) is 2. The maximum absolute atomic E-state index is 15.5. The Morgan fingerprint density at radius 3 is 2.76 bits per heavy atom. The summed E-state index contributed by atoms with van der Waals surface area (Å²) in [6, 6.07) is 11.8. The minimum Gasteiger partial charge on any atom is -0.457 e. The number of anilines is 3. The van der Waals surface area contributed by atoms with Crippen molar-refractivity contribution >= 4 is 34.0 Å². The van der Waals surface area contributed by atoms with Gasteiger partial charge >= 0.3 is 0 Å². The number of rotatable bonds is 5. The fourth-order valence-electron chi connectivity index (χ4n) is 5.17. The molecule has 7 rings (SSSR count). The summed E-state index contributed by atoms with van der Waals surface area (Å²) in [5, 5.41) is 10.8. The zero-order chi connectivity index (χ0) is 24.9. The first-order valence-corrected chi connectivity index (χ1v) is 12.3. The second-order valence-corrected chi connectivity index (χ2v) is 9.50. The second-order valence-electron chi connectivity index (χ2n) is 9.50. The Bertz CT molecular complexity index is 1630. The molecule has 10 nitrogen and oxygen atoms in total. The van der Waals surface area contributed by atoms with E-state index < -0.39 is 5.82 Å². The summed E-state index contributed by atoms with van der Waals surface area (Å²) in [5.41, 5.74) is 2.59. The standard InChI is InChI=1S/C26H24FN9O/c1-15-21(37-18-8-9-36-23(10-18)29-14-31-36)6-4-19(24(15)27)33-26-25-20(28-13-30-26)5-7-22(34-25)35-11-16-2-3-17(12-35)32-16/h4-10,13-14,16-17,32H,2-3,11-12H2,1H3,(H,28,30,33). The highest BCUT2D eigenvalue weighted by Gasteiger charge is 2.32. The number of halogens is 1. The number of benzene rings is 1. The van der Waals surface area contributed by atoms with E-state index in [9.17, 15) is 0 Å². The van der Waals surface area contributed by atoms with Gasteiger partial charge in [0, 0.05) is 43.0 Å². The minimum absolute atomic E-state index is 0.283. The van der Waals surface area contributed by atoms with E-state index in [1.54, 1.807) is 41.9 Å². The van der Waals surface area contributed by atoms with Crippen LogP contribution >= 0.6 is 0 Å². The van der Waals surface area contributed by atoms with Gasteiger partial charge in [-0.3, -0.25) is 0 Å². The summed E-state index contributed by atoms with van der Waals surface area (Å²) in [4.78, 5) is 20.1. The second kappa shape index (κ2) is 8.63. The zero-order valence-electron chi connectivity index (χ0n) is 20.1. The van der Waals surface area contributed by atoms with Gasteiger partial charge < -0.3 is 20.3 Å². The molecule has 0 spiro atoms. The molecule has 0 amide bonds. The van der Waals surface area contributed by atoms with Crippen molar-refractivity contribution in [2.45, 2.75) is 31.8 Å². The molecule has 2 N–H and O–H groups in total. The van der Waals surface area contributed by atoms with Gasteiger partial charge in [-0.2, -0.15) is 5.10 Å². The molecule has 6 heterocycles. The maximum atomic E-state index is 15.5. The van der Waals surface area contributed by atoms with Crippen molar-refractivity contribution in [2.75, 3.05) is 23.3 Å². The lowest BCUT2D eigenvalue weighted by Gasteiger charge is -2.33. The number of pyridine rings is 2. The molecule has 2 atom stereocenters. The first-order valence-electron chi connectivity index (χ1n) is 12.3. The third-order valence-electron chi connectivity index (χ3n) is 7.08.